The van der Waals surface area contributed by atoms with Gasteiger partial charge in [0.15, 0.2) is 0 Å². The first-order chi connectivity index (χ1) is 14.6. The van der Waals surface area contributed by atoms with Crippen LogP contribution in [0.25, 0.3) is 0 Å². The minimum Gasteiger partial charge on any atom is -0.480 e. The van der Waals surface area contributed by atoms with Crippen LogP contribution in [0.4, 0.5) is 0 Å². The van der Waals surface area contributed by atoms with Gasteiger partial charge in [0.1, 0.15) is 18.6 Å². The van der Waals surface area contributed by atoms with Crippen LogP contribution in [0.3, 0.4) is 0 Å². The summed E-state index contributed by atoms with van der Waals surface area (Å²) in [5.41, 5.74) is 11.5. The second kappa shape index (κ2) is 13.2. The van der Waals surface area contributed by atoms with E-state index < -0.39 is 54.3 Å². The van der Waals surface area contributed by atoms with Crippen molar-refractivity contribution in [3.63, 3.8) is 0 Å². The SMILES string of the molecule is NC(=O)CCC(NC(=O)C(Cc1ccccc1)NC(=O)C(N)CS)C(=O)NCC(=O)O. The van der Waals surface area contributed by atoms with E-state index in [1.54, 1.807) is 30.3 Å². The second-order valence-corrected chi connectivity index (χ2v) is 7.08. The van der Waals surface area contributed by atoms with Crippen molar-refractivity contribution >= 4 is 42.2 Å². The highest BCUT2D eigenvalue weighted by molar-refractivity contribution is 7.80. The number of carboxylic acids is 1. The molecule has 1 rings (SSSR count). The molecule has 0 saturated heterocycles. The number of carboxylic acid groups (broad SMARTS) is 1. The van der Waals surface area contributed by atoms with Crippen molar-refractivity contribution in [1.29, 1.82) is 0 Å². The molecule has 0 bridgehead atoms. The number of rotatable bonds is 13. The van der Waals surface area contributed by atoms with Crippen LogP contribution in [0.2, 0.25) is 0 Å². The van der Waals surface area contributed by atoms with Gasteiger partial charge in [-0.15, -0.1) is 0 Å². The van der Waals surface area contributed by atoms with E-state index >= 15 is 0 Å². The molecule has 0 spiro atoms. The van der Waals surface area contributed by atoms with E-state index in [0.717, 1.165) is 5.56 Å². The zero-order valence-electron chi connectivity index (χ0n) is 16.7. The molecule has 12 heteroatoms. The smallest absolute Gasteiger partial charge is 0.322 e. The second-order valence-electron chi connectivity index (χ2n) is 6.72. The molecule has 11 nitrogen and oxygen atoms in total. The quantitative estimate of drug-likeness (QED) is 0.166. The lowest BCUT2D eigenvalue weighted by Gasteiger charge is -2.24. The van der Waals surface area contributed by atoms with Gasteiger partial charge in [0.2, 0.25) is 23.6 Å². The summed E-state index contributed by atoms with van der Waals surface area (Å²) in [6.07, 6.45) is -0.253. The molecule has 8 N–H and O–H groups in total. The Kier molecular flexibility index (Phi) is 11.1. The molecule has 3 unspecified atom stereocenters. The maximum absolute atomic E-state index is 12.9. The highest BCUT2D eigenvalue weighted by Crippen LogP contribution is 2.06. The molecule has 3 atom stereocenters. The molecule has 0 aliphatic heterocycles. The summed E-state index contributed by atoms with van der Waals surface area (Å²) < 4.78 is 0. The first-order valence-electron chi connectivity index (χ1n) is 9.43. The Hall–Kier alpha value is -3.12. The zero-order chi connectivity index (χ0) is 23.4. The summed E-state index contributed by atoms with van der Waals surface area (Å²) in [6, 6.07) is 5.59. The van der Waals surface area contributed by atoms with Crippen LogP contribution in [0.5, 0.6) is 0 Å². The van der Waals surface area contributed by atoms with E-state index in [1.165, 1.54) is 0 Å². The highest BCUT2D eigenvalue weighted by atomic mass is 32.1. The average Bonchev–Trinajstić information content (AvgIpc) is 2.74. The Morgan fingerprint density at radius 2 is 1.58 bits per heavy atom. The van der Waals surface area contributed by atoms with Gasteiger partial charge in [-0.1, -0.05) is 30.3 Å². The number of carbonyl (C=O) groups excluding carboxylic acids is 4. The van der Waals surface area contributed by atoms with Crippen molar-refractivity contribution < 1.29 is 29.1 Å². The third kappa shape index (κ3) is 9.96. The molecule has 0 aromatic heterocycles. The molecule has 0 saturated carbocycles. The summed E-state index contributed by atoms with van der Waals surface area (Å²) in [7, 11) is 0. The zero-order valence-corrected chi connectivity index (χ0v) is 17.6. The monoisotopic (exact) mass is 453 g/mol. The molecule has 31 heavy (non-hydrogen) atoms. The minimum absolute atomic E-state index is 0.0599. The Morgan fingerprint density at radius 3 is 2.13 bits per heavy atom. The summed E-state index contributed by atoms with van der Waals surface area (Å²) in [4.78, 5) is 59.2. The molecule has 0 aliphatic carbocycles. The maximum atomic E-state index is 12.9. The summed E-state index contributed by atoms with van der Waals surface area (Å²) >= 11 is 3.97. The van der Waals surface area contributed by atoms with Gasteiger partial charge in [0, 0.05) is 18.6 Å². The van der Waals surface area contributed by atoms with Crippen molar-refractivity contribution in [3.8, 4) is 0 Å². The van der Waals surface area contributed by atoms with Gasteiger partial charge in [-0.2, -0.15) is 12.6 Å². The minimum atomic E-state index is -1.27. The van der Waals surface area contributed by atoms with E-state index in [2.05, 4.69) is 28.6 Å². The number of primary amides is 1. The molecule has 1 aromatic carbocycles. The number of hydrogen-bond acceptors (Lipinski definition) is 7. The van der Waals surface area contributed by atoms with Crippen LogP contribution in [0.1, 0.15) is 18.4 Å². The van der Waals surface area contributed by atoms with Crippen molar-refractivity contribution in [2.75, 3.05) is 12.3 Å². The number of thiol groups is 1. The topological polar surface area (TPSA) is 194 Å². The highest BCUT2D eigenvalue weighted by Gasteiger charge is 2.28. The Morgan fingerprint density at radius 1 is 0.968 bits per heavy atom. The van der Waals surface area contributed by atoms with Gasteiger partial charge in [-0.05, 0) is 12.0 Å². The average molecular weight is 454 g/mol. The predicted molar refractivity (Wildman–Crippen MR) is 115 cm³/mol. The Balaban J connectivity index is 2.99. The number of amides is 4. The number of nitrogens with two attached hydrogens (primary N) is 2. The Bertz CT molecular complexity index is 791. The lowest BCUT2D eigenvalue weighted by atomic mass is 10.0. The van der Waals surface area contributed by atoms with Crippen LogP contribution in [-0.4, -0.2) is 65.1 Å². The number of nitrogens with one attached hydrogen (secondary N) is 3. The summed E-state index contributed by atoms with van der Waals surface area (Å²) in [5.74, 6) is -4.01. The third-order valence-electron chi connectivity index (χ3n) is 4.18. The molecular weight excluding hydrogens is 426 g/mol. The number of carbonyl (C=O) groups is 5. The normalized spacial score (nSPS) is 13.4. The molecule has 0 aliphatic rings. The van der Waals surface area contributed by atoms with Crippen molar-refractivity contribution in [3.05, 3.63) is 35.9 Å². The number of aliphatic carboxylic acids is 1. The third-order valence-corrected chi connectivity index (χ3v) is 4.57. The molecule has 1 aromatic rings. The van der Waals surface area contributed by atoms with Crippen LogP contribution < -0.4 is 27.4 Å². The lowest BCUT2D eigenvalue weighted by Crippen LogP contribution is -2.57. The van der Waals surface area contributed by atoms with Gasteiger partial charge in [0.05, 0.1) is 6.04 Å². The van der Waals surface area contributed by atoms with Gasteiger partial charge in [0.25, 0.3) is 0 Å². The van der Waals surface area contributed by atoms with E-state index in [0.29, 0.717) is 0 Å². The van der Waals surface area contributed by atoms with Crippen molar-refractivity contribution in [1.82, 2.24) is 16.0 Å². The molecular formula is C19H27N5O6S. The fraction of sp³-hybridized carbons (Fsp3) is 0.421. The van der Waals surface area contributed by atoms with Gasteiger partial charge >= 0.3 is 5.97 Å². The number of benzene rings is 1. The summed E-state index contributed by atoms with van der Waals surface area (Å²) in [5, 5.41) is 15.9. The van der Waals surface area contributed by atoms with Crippen LogP contribution >= 0.6 is 12.6 Å². The summed E-state index contributed by atoms with van der Waals surface area (Å²) in [6.45, 7) is -0.664. The van der Waals surface area contributed by atoms with E-state index in [4.69, 9.17) is 16.6 Å². The standard InChI is InChI=1S/C19H27N5O6S/c20-12(10-31)17(28)24-14(8-11-4-2-1-3-5-11)19(30)23-13(6-7-15(21)25)18(29)22-9-16(26)27/h1-5,12-14,31H,6-10,20H2,(H2,21,25)(H,22,29)(H,23,30)(H,24,28)(H,26,27). The van der Waals surface area contributed by atoms with Crippen LogP contribution in [-0.2, 0) is 30.4 Å². The number of hydrogen-bond donors (Lipinski definition) is 7. The first-order valence-corrected chi connectivity index (χ1v) is 10.1. The fourth-order valence-corrected chi connectivity index (χ4v) is 2.70. The maximum Gasteiger partial charge on any atom is 0.322 e. The molecule has 0 radical (unpaired) electrons. The molecule has 170 valence electrons. The van der Waals surface area contributed by atoms with E-state index in [9.17, 15) is 24.0 Å². The van der Waals surface area contributed by atoms with Crippen molar-refractivity contribution in [2.24, 2.45) is 11.5 Å². The predicted octanol–water partition coefficient (Wildman–Crippen LogP) is -2.08. The Labute approximate surface area is 184 Å². The van der Waals surface area contributed by atoms with E-state index in [1.807, 2.05) is 0 Å². The van der Waals surface area contributed by atoms with Crippen LogP contribution in [0.15, 0.2) is 30.3 Å². The fourth-order valence-electron chi connectivity index (χ4n) is 2.53. The van der Waals surface area contributed by atoms with Gasteiger partial charge < -0.3 is 32.5 Å². The van der Waals surface area contributed by atoms with E-state index in [-0.39, 0.29) is 25.0 Å². The lowest BCUT2D eigenvalue weighted by molar-refractivity contribution is -0.138. The van der Waals surface area contributed by atoms with Gasteiger partial charge in [-0.3, -0.25) is 24.0 Å². The molecule has 4 amide bonds. The van der Waals surface area contributed by atoms with Crippen LogP contribution in [0, 0.1) is 0 Å². The van der Waals surface area contributed by atoms with Gasteiger partial charge in [-0.25, -0.2) is 0 Å². The first kappa shape index (κ1) is 25.9. The molecule has 0 heterocycles. The van der Waals surface area contributed by atoms with Crippen molar-refractivity contribution in [2.45, 2.75) is 37.4 Å². The molecule has 0 fully saturated rings. The largest absolute Gasteiger partial charge is 0.480 e.